The van der Waals surface area contributed by atoms with Crippen LogP contribution in [0.4, 0.5) is 0 Å². The number of ketones is 2. The number of carbonyl (C=O) groups excluding carboxylic acids is 2. The van der Waals surface area contributed by atoms with E-state index in [0.717, 1.165) is 25.7 Å². The molecule has 0 saturated heterocycles. The van der Waals surface area contributed by atoms with Crippen molar-refractivity contribution in [1.29, 1.82) is 0 Å². The minimum absolute atomic E-state index is 0.00952. The van der Waals surface area contributed by atoms with E-state index < -0.39 is 0 Å². The van der Waals surface area contributed by atoms with Crippen LogP contribution < -0.4 is 0 Å². The summed E-state index contributed by atoms with van der Waals surface area (Å²) in [5.74, 6) is 0.827. The predicted molar refractivity (Wildman–Crippen MR) is 83.7 cm³/mol. The van der Waals surface area contributed by atoms with Gasteiger partial charge in [-0.15, -0.1) is 0 Å². The quantitative estimate of drug-likeness (QED) is 0.729. The van der Waals surface area contributed by atoms with Crippen LogP contribution >= 0.6 is 0 Å². The second-order valence-electron chi connectivity index (χ2n) is 6.95. The Labute approximate surface area is 127 Å². The molecular weight excluding hydrogens is 260 g/mol. The molecule has 2 fully saturated rings. The second-order valence-corrected chi connectivity index (χ2v) is 6.95. The highest BCUT2D eigenvalue weighted by Crippen LogP contribution is 2.47. The highest BCUT2D eigenvalue weighted by atomic mass is 16.1. The van der Waals surface area contributed by atoms with E-state index in [1.54, 1.807) is 0 Å². The summed E-state index contributed by atoms with van der Waals surface area (Å²) in [5.41, 5.74) is 0. The Morgan fingerprint density at radius 2 is 1.71 bits per heavy atom. The van der Waals surface area contributed by atoms with Crippen LogP contribution in [0.15, 0.2) is 24.3 Å². The third-order valence-electron chi connectivity index (χ3n) is 5.70. The molecule has 0 heterocycles. The van der Waals surface area contributed by atoms with Crippen molar-refractivity contribution >= 4 is 11.6 Å². The predicted octanol–water partition coefficient (Wildman–Crippen LogP) is 4.11. The summed E-state index contributed by atoms with van der Waals surface area (Å²) in [6.07, 6.45) is 15.7. The molecule has 2 saturated carbocycles. The van der Waals surface area contributed by atoms with Crippen LogP contribution in [0.2, 0.25) is 0 Å². The van der Waals surface area contributed by atoms with Crippen LogP contribution in [0.5, 0.6) is 0 Å². The monoisotopic (exact) mass is 286 g/mol. The summed E-state index contributed by atoms with van der Waals surface area (Å²) < 4.78 is 0. The zero-order valence-corrected chi connectivity index (χ0v) is 13.0. The van der Waals surface area contributed by atoms with Crippen LogP contribution in [0.25, 0.3) is 0 Å². The Kier molecular flexibility index (Phi) is 4.42. The molecule has 114 valence electrons. The van der Waals surface area contributed by atoms with Gasteiger partial charge in [-0.25, -0.2) is 0 Å². The maximum absolute atomic E-state index is 12.9. The van der Waals surface area contributed by atoms with E-state index in [2.05, 4.69) is 6.92 Å². The molecular formula is C19H26O2. The lowest BCUT2D eigenvalue weighted by molar-refractivity contribution is -0.148. The van der Waals surface area contributed by atoms with Gasteiger partial charge in [-0.1, -0.05) is 56.9 Å². The van der Waals surface area contributed by atoms with Gasteiger partial charge in [0.25, 0.3) is 0 Å². The first-order valence-corrected chi connectivity index (χ1v) is 8.66. The lowest BCUT2D eigenvalue weighted by Crippen LogP contribution is -2.50. The van der Waals surface area contributed by atoms with Crippen molar-refractivity contribution in [2.75, 3.05) is 0 Å². The van der Waals surface area contributed by atoms with Crippen molar-refractivity contribution in [3.8, 4) is 0 Å². The third-order valence-corrected chi connectivity index (χ3v) is 5.70. The number of hydrogen-bond donors (Lipinski definition) is 0. The van der Waals surface area contributed by atoms with Crippen molar-refractivity contribution in [2.45, 2.75) is 51.9 Å². The molecule has 2 nitrogen and oxygen atoms in total. The standard InChI is InChI=1S/C19H26O2/c1-2-3-4-8-13-9-7-12-16-17(13)19(21)15-11-6-5-10-14(15)18(16)20/h5-6,10-11,13-17H,2-4,7-9,12H2,1H3. The third kappa shape index (κ3) is 2.65. The van der Waals surface area contributed by atoms with E-state index in [9.17, 15) is 9.59 Å². The smallest absolute Gasteiger partial charge is 0.144 e. The fourth-order valence-electron chi connectivity index (χ4n) is 4.64. The summed E-state index contributed by atoms with van der Waals surface area (Å²) in [4.78, 5) is 25.7. The molecule has 0 bridgehead atoms. The van der Waals surface area contributed by atoms with Crippen molar-refractivity contribution in [3.05, 3.63) is 24.3 Å². The molecule has 0 aromatic heterocycles. The van der Waals surface area contributed by atoms with Gasteiger partial charge < -0.3 is 0 Å². The minimum atomic E-state index is -0.171. The van der Waals surface area contributed by atoms with E-state index in [4.69, 9.17) is 0 Å². The van der Waals surface area contributed by atoms with Crippen LogP contribution in [0.1, 0.15) is 51.9 Å². The number of carbonyl (C=O) groups is 2. The summed E-state index contributed by atoms with van der Waals surface area (Å²) in [6.45, 7) is 2.21. The fourth-order valence-corrected chi connectivity index (χ4v) is 4.64. The fraction of sp³-hybridized carbons (Fsp3) is 0.684. The van der Waals surface area contributed by atoms with Gasteiger partial charge in [0.2, 0.25) is 0 Å². The average molecular weight is 286 g/mol. The molecule has 3 aliphatic carbocycles. The maximum Gasteiger partial charge on any atom is 0.144 e. The van der Waals surface area contributed by atoms with Gasteiger partial charge in [0.05, 0.1) is 0 Å². The topological polar surface area (TPSA) is 34.1 Å². The molecule has 2 heteroatoms. The first-order chi connectivity index (χ1) is 10.2. The molecule has 3 rings (SSSR count). The number of Topliss-reactive ketones (excluding diaryl/α,β-unsaturated/α-hetero) is 2. The van der Waals surface area contributed by atoms with E-state index in [1.807, 2.05) is 24.3 Å². The minimum Gasteiger partial charge on any atom is -0.299 e. The number of fused-ring (bicyclic) bond motifs is 2. The highest BCUT2D eigenvalue weighted by molar-refractivity contribution is 6.02. The summed E-state index contributed by atoms with van der Waals surface area (Å²) in [7, 11) is 0. The zero-order chi connectivity index (χ0) is 14.8. The first-order valence-electron chi connectivity index (χ1n) is 8.66. The lowest BCUT2D eigenvalue weighted by Gasteiger charge is -2.44. The molecule has 0 amide bonds. The maximum atomic E-state index is 12.9. The molecule has 0 spiro atoms. The Balaban J connectivity index is 1.80. The van der Waals surface area contributed by atoms with E-state index in [1.165, 1.54) is 19.3 Å². The van der Waals surface area contributed by atoms with Crippen molar-refractivity contribution in [1.82, 2.24) is 0 Å². The summed E-state index contributed by atoms with van der Waals surface area (Å²) in [5, 5.41) is 0. The highest BCUT2D eigenvalue weighted by Gasteiger charge is 2.51. The molecule has 3 aliphatic rings. The SMILES string of the molecule is CCCCCC1CCCC2C(=O)C3C=CC=CC3C(=O)C12. The van der Waals surface area contributed by atoms with Gasteiger partial charge in [0, 0.05) is 23.7 Å². The van der Waals surface area contributed by atoms with Crippen LogP contribution in [-0.2, 0) is 9.59 Å². The first kappa shape index (κ1) is 14.7. The van der Waals surface area contributed by atoms with Gasteiger partial charge >= 0.3 is 0 Å². The Bertz CT molecular complexity index is 474. The number of unbranched alkanes of at least 4 members (excludes halogenated alkanes) is 2. The van der Waals surface area contributed by atoms with Crippen LogP contribution in [0, 0.1) is 29.6 Å². The van der Waals surface area contributed by atoms with Gasteiger partial charge in [0.1, 0.15) is 11.6 Å². The average Bonchev–Trinajstić information content (AvgIpc) is 2.53. The number of allylic oxidation sites excluding steroid dienone is 4. The van der Waals surface area contributed by atoms with E-state index in [-0.39, 0.29) is 23.7 Å². The van der Waals surface area contributed by atoms with Crippen molar-refractivity contribution < 1.29 is 9.59 Å². The molecule has 0 N–H and O–H groups in total. The molecule has 0 aromatic carbocycles. The number of hydrogen-bond acceptors (Lipinski definition) is 2. The van der Waals surface area contributed by atoms with E-state index >= 15 is 0 Å². The zero-order valence-electron chi connectivity index (χ0n) is 13.0. The molecule has 0 radical (unpaired) electrons. The van der Waals surface area contributed by atoms with Crippen LogP contribution in [0.3, 0.4) is 0 Å². The van der Waals surface area contributed by atoms with Gasteiger partial charge in [-0.05, 0) is 25.2 Å². The Morgan fingerprint density at radius 3 is 2.43 bits per heavy atom. The van der Waals surface area contributed by atoms with Crippen molar-refractivity contribution in [3.63, 3.8) is 0 Å². The molecule has 0 aromatic rings. The molecule has 21 heavy (non-hydrogen) atoms. The molecule has 5 unspecified atom stereocenters. The summed E-state index contributed by atoms with van der Waals surface area (Å²) in [6, 6.07) is 0. The van der Waals surface area contributed by atoms with Crippen molar-refractivity contribution in [2.24, 2.45) is 29.6 Å². The van der Waals surface area contributed by atoms with Crippen LogP contribution in [-0.4, -0.2) is 11.6 Å². The van der Waals surface area contributed by atoms with E-state index in [0.29, 0.717) is 17.5 Å². The largest absolute Gasteiger partial charge is 0.299 e. The number of rotatable bonds is 4. The molecule has 5 atom stereocenters. The molecule has 0 aliphatic heterocycles. The normalized spacial score (nSPS) is 38.2. The summed E-state index contributed by atoms with van der Waals surface area (Å²) >= 11 is 0. The van der Waals surface area contributed by atoms with Gasteiger partial charge in [-0.2, -0.15) is 0 Å². The second kappa shape index (κ2) is 6.29. The van der Waals surface area contributed by atoms with Gasteiger partial charge in [0.15, 0.2) is 0 Å². The Hall–Kier alpha value is -1.18. The lowest BCUT2D eigenvalue weighted by atomic mass is 9.57. The van der Waals surface area contributed by atoms with Gasteiger partial charge in [-0.3, -0.25) is 9.59 Å². The Morgan fingerprint density at radius 1 is 1.00 bits per heavy atom.